The molecule has 0 aliphatic heterocycles. The number of carbonyl (C=O) groups is 1. The highest BCUT2D eigenvalue weighted by atomic mass is 32.1. The largest absolute Gasteiger partial charge is 0.495 e. The Bertz CT molecular complexity index is 839. The number of amides is 2. The lowest BCUT2D eigenvalue weighted by atomic mass is 10.1. The van der Waals surface area contributed by atoms with Crippen LogP contribution in [0.5, 0.6) is 11.5 Å². The molecule has 1 heterocycles. The number of hydrogen-bond acceptors (Lipinski definition) is 5. The zero-order valence-electron chi connectivity index (χ0n) is 14.7. The minimum Gasteiger partial charge on any atom is -0.495 e. The summed E-state index contributed by atoms with van der Waals surface area (Å²) >= 11 is 1.35. The van der Waals surface area contributed by atoms with Crippen molar-refractivity contribution < 1.29 is 14.3 Å². The SMILES string of the molecule is COc1ccc(OC)c2sc(NC(=O)NCCCc3ccccc3)nc12. The number of aromatic nitrogens is 1. The Hall–Kier alpha value is -2.80. The van der Waals surface area contributed by atoms with Crippen molar-refractivity contribution in [2.24, 2.45) is 0 Å². The first-order valence-electron chi connectivity index (χ1n) is 8.31. The van der Waals surface area contributed by atoms with E-state index in [1.54, 1.807) is 20.3 Å². The molecule has 0 fully saturated rings. The molecule has 0 saturated heterocycles. The number of urea groups is 1. The Morgan fingerprint density at radius 3 is 2.54 bits per heavy atom. The molecule has 3 rings (SSSR count). The van der Waals surface area contributed by atoms with Crippen LogP contribution in [0.1, 0.15) is 12.0 Å². The van der Waals surface area contributed by atoms with Crippen molar-refractivity contribution in [2.75, 3.05) is 26.1 Å². The number of anilines is 1. The summed E-state index contributed by atoms with van der Waals surface area (Å²) in [6.07, 6.45) is 1.80. The average Bonchev–Trinajstić information content (AvgIpc) is 3.08. The van der Waals surface area contributed by atoms with Crippen molar-refractivity contribution in [3.63, 3.8) is 0 Å². The summed E-state index contributed by atoms with van der Waals surface area (Å²) in [5.41, 5.74) is 1.94. The van der Waals surface area contributed by atoms with Crippen LogP contribution in [0.25, 0.3) is 10.2 Å². The Morgan fingerprint density at radius 2 is 1.81 bits per heavy atom. The predicted molar refractivity (Wildman–Crippen MR) is 105 cm³/mol. The van der Waals surface area contributed by atoms with Gasteiger partial charge in [-0.2, -0.15) is 0 Å². The Morgan fingerprint density at radius 1 is 1.08 bits per heavy atom. The van der Waals surface area contributed by atoms with Crippen molar-refractivity contribution in [1.82, 2.24) is 10.3 Å². The third kappa shape index (κ3) is 4.23. The van der Waals surface area contributed by atoms with Gasteiger partial charge in [0.25, 0.3) is 0 Å². The number of thiazole rings is 1. The van der Waals surface area contributed by atoms with E-state index in [1.165, 1.54) is 16.9 Å². The van der Waals surface area contributed by atoms with E-state index in [1.807, 2.05) is 24.3 Å². The molecule has 136 valence electrons. The van der Waals surface area contributed by atoms with E-state index < -0.39 is 0 Å². The fourth-order valence-electron chi connectivity index (χ4n) is 2.62. The quantitative estimate of drug-likeness (QED) is 0.614. The topological polar surface area (TPSA) is 72.5 Å². The zero-order chi connectivity index (χ0) is 18.4. The maximum absolute atomic E-state index is 12.1. The summed E-state index contributed by atoms with van der Waals surface area (Å²) in [7, 11) is 3.20. The number of nitrogens with one attached hydrogen (secondary N) is 2. The summed E-state index contributed by atoms with van der Waals surface area (Å²) in [5.74, 6) is 1.35. The zero-order valence-corrected chi connectivity index (χ0v) is 15.6. The molecule has 2 aromatic carbocycles. The standard InChI is InChI=1S/C19H21N3O3S/c1-24-14-10-11-15(25-2)17-16(14)21-19(26-17)22-18(23)20-12-6-9-13-7-4-3-5-8-13/h3-5,7-8,10-11H,6,9,12H2,1-2H3,(H2,20,21,22,23). The van der Waals surface area contributed by atoms with E-state index in [0.29, 0.717) is 28.7 Å². The lowest BCUT2D eigenvalue weighted by Crippen LogP contribution is -2.29. The van der Waals surface area contributed by atoms with Gasteiger partial charge in [-0.1, -0.05) is 41.7 Å². The molecule has 7 heteroatoms. The molecule has 0 spiro atoms. The third-order valence-electron chi connectivity index (χ3n) is 3.90. The monoisotopic (exact) mass is 371 g/mol. The fraction of sp³-hybridized carbons (Fsp3) is 0.263. The van der Waals surface area contributed by atoms with E-state index >= 15 is 0 Å². The van der Waals surface area contributed by atoms with Crippen molar-refractivity contribution >= 4 is 32.7 Å². The molecule has 0 bridgehead atoms. The van der Waals surface area contributed by atoms with Gasteiger partial charge in [-0.3, -0.25) is 5.32 Å². The minimum atomic E-state index is -0.268. The molecule has 1 aromatic heterocycles. The molecule has 0 atom stereocenters. The number of hydrogen-bond donors (Lipinski definition) is 2. The molecule has 0 aliphatic carbocycles. The Kier molecular flexibility index (Phi) is 5.91. The van der Waals surface area contributed by atoms with E-state index in [0.717, 1.165) is 17.5 Å². The van der Waals surface area contributed by atoms with Gasteiger partial charge in [0.1, 0.15) is 21.7 Å². The second kappa shape index (κ2) is 8.53. The van der Waals surface area contributed by atoms with E-state index in [4.69, 9.17) is 9.47 Å². The summed E-state index contributed by atoms with van der Waals surface area (Å²) in [5, 5.41) is 6.14. The van der Waals surface area contributed by atoms with Crippen molar-refractivity contribution in [3.8, 4) is 11.5 Å². The molecule has 3 aromatic rings. The number of aryl methyl sites for hydroxylation is 1. The van der Waals surface area contributed by atoms with E-state index in [-0.39, 0.29) is 6.03 Å². The normalized spacial score (nSPS) is 10.5. The number of ether oxygens (including phenoxy) is 2. The smallest absolute Gasteiger partial charge is 0.321 e. The van der Waals surface area contributed by atoms with Gasteiger partial charge in [0, 0.05) is 6.54 Å². The lowest BCUT2D eigenvalue weighted by Gasteiger charge is -2.05. The lowest BCUT2D eigenvalue weighted by molar-refractivity contribution is 0.252. The van der Waals surface area contributed by atoms with Gasteiger partial charge in [-0.25, -0.2) is 9.78 Å². The first kappa shape index (κ1) is 18.0. The van der Waals surface area contributed by atoms with Crippen molar-refractivity contribution in [3.05, 3.63) is 48.0 Å². The van der Waals surface area contributed by atoms with Gasteiger partial charge in [0.15, 0.2) is 5.13 Å². The highest BCUT2D eigenvalue weighted by Crippen LogP contribution is 2.38. The number of fused-ring (bicyclic) bond motifs is 1. The Balaban J connectivity index is 1.57. The number of nitrogens with zero attached hydrogens (tertiary/aromatic N) is 1. The number of carbonyl (C=O) groups excluding carboxylic acids is 1. The van der Waals surface area contributed by atoms with Crippen LogP contribution in [0.15, 0.2) is 42.5 Å². The van der Waals surface area contributed by atoms with Gasteiger partial charge in [0.2, 0.25) is 0 Å². The number of methoxy groups -OCH3 is 2. The van der Waals surface area contributed by atoms with Gasteiger partial charge in [-0.05, 0) is 30.5 Å². The second-order valence-corrected chi connectivity index (χ2v) is 6.64. The molecule has 6 nitrogen and oxygen atoms in total. The summed E-state index contributed by atoms with van der Waals surface area (Å²) < 4.78 is 11.5. The fourth-order valence-corrected chi connectivity index (χ4v) is 3.59. The summed E-state index contributed by atoms with van der Waals surface area (Å²) in [6.45, 7) is 0.596. The summed E-state index contributed by atoms with van der Waals surface area (Å²) in [6, 6.07) is 13.6. The van der Waals surface area contributed by atoms with E-state index in [9.17, 15) is 4.79 Å². The Labute approximate surface area is 156 Å². The average molecular weight is 371 g/mol. The third-order valence-corrected chi connectivity index (χ3v) is 4.89. The number of rotatable bonds is 7. The van der Waals surface area contributed by atoms with Crippen molar-refractivity contribution in [1.29, 1.82) is 0 Å². The first-order chi connectivity index (χ1) is 12.7. The van der Waals surface area contributed by atoms with Gasteiger partial charge < -0.3 is 14.8 Å². The maximum atomic E-state index is 12.1. The van der Waals surface area contributed by atoms with Crippen LogP contribution in [0.3, 0.4) is 0 Å². The van der Waals surface area contributed by atoms with Gasteiger partial charge >= 0.3 is 6.03 Å². The van der Waals surface area contributed by atoms with Crippen LogP contribution >= 0.6 is 11.3 Å². The van der Waals surface area contributed by atoms with Crippen LogP contribution in [0.2, 0.25) is 0 Å². The maximum Gasteiger partial charge on any atom is 0.321 e. The molecule has 2 amide bonds. The van der Waals surface area contributed by atoms with Crippen LogP contribution in [-0.2, 0) is 6.42 Å². The van der Waals surface area contributed by atoms with Crippen LogP contribution in [0.4, 0.5) is 9.93 Å². The second-order valence-electron chi connectivity index (χ2n) is 5.64. The highest BCUT2D eigenvalue weighted by Gasteiger charge is 2.14. The molecule has 0 aliphatic rings. The molecule has 2 N–H and O–H groups in total. The van der Waals surface area contributed by atoms with Crippen LogP contribution in [0, 0.1) is 0 Å². The van der Waals surface area contributed by atoms with E-state index in [2.05, 4.69) is 27.8 Å². The molecule has 0 saturated carbocycles. The first-order valence-corrected chi connectivity index (χ1v) is 9.13. The van der Waals surface area contributed by atoms with Crippen molar-refractivity contribution in [2.45, 2.75) is 12.8 Å². The number of benzene rings is 2. The molecular weight excluding hydrogens is 350 g/mol. The molecule has 26 heavy (non-hydrogen) atoms. The van der Waals surface area contributed by atoms with Gasteiger partial charge in [-0.15, -0.1) is 0 Å². The van der Waals surface area contributed by atoms with Crippen LogP contribution < -0.4 is 20.1 Å². The highest BCUT2D eigenvalue weighted by molar-refractivity contribution is 7.22. The van der Waals surface area contributed by atoms with Crippen LogP contribution in [-0.4, -0.2) is 31.8 Å². The molecule has 0 unspecified atom stereocenters. The predicted octanol–water partition coefficient (Wildman–Crippen LogP) is 4.07. The minimum absolute atomic E-state index is 0.268. The molecular formula is C19H21N3O3S. The molecule has 0 radical (unpaired) electrons. The van der Waals surface area contributed by atoms with Gasteiger partial charge in [0.05, 0.1) is 14.2 Å². The summed E-state index contributed by atoms with van der Waals surface area (Å²) in [4.78, 5) is 16.5.